The van der Waals surface area contributed by atoms with E-state index in [1.807, 2.05) is 0 Å². The van der Waals surface area contributed by atoms with Crippen LogP contribution in [0.15, 0.2) is 0 Å². The molecule has 0 aliphatic carbocycles. The van der Waals surface area contributed by atoms with Gasteiger partial charge in [-0.2, -0.15) is 0 Å². The van der Waals surface area contributed by atoms with E-state index in [0.29, 0.717) is 0 Å². The molecule has 1 fully saturated rings. The summed E-state index contributed by atoms with van der Waals surface area (Å²) in [5.41, 5.74) is 0. The second-order valence-corrected chi connectivity index (χ2v) is 2.50. The number of hydrogen-bond donors (Lipinski definition) is 1. The molecule has 10 heavy (non-hydrogen) atoms. The summed E-state index contributed by atoms with van der Waals surface area (Å²) >= 11 is 0. The predicted molar refractivity (Wildman–Crippen MR) is 39.4 cm³/mol. The third kappa shape index (κ3) is 1.71. The van der Waals surface area contributed by atoms with Crippen LogP contribution in [0.5, 0.6) is 0 Å². The van der Waals surface area contributed by atoms with Crippen molar-refractivity contribution in [3.8, 4) is 11.8 Å². The molecule has 1 N–H and O–H groups in total. The van der Waals surface area contributed by atoms with Crippen molar-refractivity contribution < 1.29 is 4.39 Å². The minimum absolute atomic E-state index is 0.00699. The molecule has 0 spiro atoms. The molecule has 2 atom stereocenters. The fourth-order valence-corrected chi connectivity index (χ4v) is 1.20. The lowest BCUT2D eigenvalue weighted by Crippen LogP contribution is -2.30. The third-order valence-corrected chi connectivity index (χ3v) is 1.73. The third-order valence-electron chi connectivity index (χ3n) is 1.73. The van der Waals surface area contributed by atoms with Gasteiger partial charge in [0.25, 0.3) is 0 Å². The van der Waals surface area contributed by atoms with Gasteiger partial charge in [-0.15, -0.1) is 5.92 Å². The highest BCUT2D eigenvalue weighted by atomic mass is 19.1. The van der Waals surface area contributed by atoms with Crippen LogP contribution in [-0.2, 0) is 0 Å². The summed E-state index contributed by atoms with van der Waals surface area (Å²) in [6.45, 7) is 2.61. The zero-order valence-electron chi connectivity index (χ0n) is 6.15. The van der Waals surface area contributed by atoms with E-state index in [-0.39, 0.29) is 6.04 Å². The molecular formula is C8H12FN. The molecule has 1 rings (SSSR count). The van der Waals surface area contributed by atoms with Crippen LogP contribution in [0, 0.1) is 11.8 Å². The SMILES string of the molecule is CC#CC(F)C1CCCN1. The molecule has 0 aromatic rings. The molecule has 0 saturated carbocycles. The Bertz CT molecular complexity index is 150. The Morgan fingerprint density at radius 1 is 1.70 bits per heavy atom. The number of halogens is 1. The van der Waals surface area contributed by atoms with Crippen LogP contribution in [0.2, 0.25) is 0 Å². The van der Waals surface area contributed by atoms with Gasteiger partial charge in [-0.1, -0.05) is 5.92 Å². The van der Waals surface area contributed by atoms with Gasteiger partial charge in [0.1, 0.15) is 0 Å². The molecule has 56 valence electrons. The smallest absolute Gasteiger partial charge is 0.175 e. The average molecular weight is 141 g/mol. The zero-order chi connectivity index (χ0) is 7.40. The fraction of sp³-hybridized carbons (Fsp3) is 0.750. The first-order chi connectivity index (χ1) is 4.84. The van der Waals surface area contributed by atoms with Crippen molar-refractivity contribution in [3.63, 3.8) is 0 Å². The summed E-state index contributed by atoms with van der Waals surface area (Å²) in [5, 5.41) is 3.06. The van der Waals surface area contributed by atoms with Crippen molar-refractivity contribution in [1.29, 1.82) is 0 Å². The molecular weight excluding hydrogens is 129 g/mol. The topological polar surface area (TPSA) is 12.0 Å². The Morgan fingerprint density at radius 2 is 2.50 bits per heavy atom. The van der Waals surface area contributed by atoms with Crippen molar-refractivity contribution in [2.45, 2.75) is 32.0 Å². The van der Waals surface area contributed by atoms with Crippen molar-refractivity contribution in [2.24, 2.45) is 0 Å². The molecule has 0 radical (unpaired) electrons. The molecule has 1 nitrogen and oxygen atoms in total. The maximum Gasteiger partial charge on any atom is 0.175 e. The molecule has 1 heterocycles. The molecule has 1 aliphatic heterocycles. The second kappa shape index (κ2) is 3.58. The standard InChI is InChI=1S/C8H12FN/c1-2-4-7(9)8-5-3-6-10-8/h7-8,10H,3,5-6H2,1H3. The lowest BCUT2D eigenvalue weighted by atomic mass is 10.1. The Kier molecular flexibility index (Phi) is 2.70. The maximum atomic E-state index is 12.9. The van der Waals surface area contributed by atoms with Crippen molar-refractivity contribution in [2.75, 3.05) is 6.54 Å². The number of alkyl halides is 1. The summed E-state index contributed by atoms with van der Waals surface area (Å²) in [4.78, 5) is 0. The minimum atomic E-state index is -0.965. The van der Waals surface area contributed by atoms with E-state index in [2.05, 4.69) is 17.2 Å². The van der Waals surface area contributed by atoms with E-state index < -0.39 is 6.17 Å². The summed E-state index contributed by atoms with van der Waals surface area (Å²) in [6.07, 6.45) is 1.04. The molecule has 0 aromatic heterocycles. The minimum Gasteiger partial charge on any atom is -0.310 e. The fourth-order valence-electron chi connectivity index (χ4n) is 1.20. The van der Waals surface area contributed by atoms with E-state index in [1.165, 1.54) is 0 Å². The van der Waals surface area contributed by atoms with E-state index >= 15 is 0 Å². The highest BCUT2D eigenvalue weighted by Crippen LogP contribution is 2.10. The van der Waals surface area contributed by atoms with Crippen LogP contribution in [0.1, 0.15) is 19.8 Å². The van der Waals surface area contributed by atoms with Crippen LogP contribution < -0.4 is 5.32 Å². The van der Waals surface area contributed by atoms with Gasteiger partial charge in [0.15, 0.2) is 6.17 Å². The molecule has 2 heteroatoms. The first-order valence-electron chi connectivity index (χ1n) is 3.64. The van der Waals surface area contributed by atoms with E-state index in [0.717, 1.165) is 19.4 Å². The number of nitrogens with one attached hydrogen (secondary N) is 1. The monoisotopic (exact) mass is 141 g/mol. The summed E-state index contributed by atoms with van der Waals surface area (Å²) < 4.78 is 12.9. The van der Waals surface area contributed by atoms with Crippen LogP contribution in [-0.4, -0.2) is 18.8 Å². The van der Waals surface area contributed by atoms with E-state index in [9.17, 15) is 4.39 Å². The zero-order valence-corrected chi connectivity index (χ0v) is 6.15. The normalized spacial score (nSPS) is 27.2. The highest BCUT2D eigenvalue weighted by Gasteiger charge is 2.21. The largest absolute Gasteiger partial charge is 0.310 e. The molecule has 1 aliphatic rings. The van der Waals surface area contributed by atoms with Gasteiger partial charge in [0, 0.05) is 6.04 Å². The van der Waals surface area contributed by atoms with Crippen molar-refractivity contribution in [3.05, 3.63) is 0 Å². The average Bonchev–Trinajstić information content (AvgIpc) is 2.38. The molecule has 1 saturated heterocycles. The van der Waals surface area contributed by atoms with Crippen molar-refractivity contribution in [1.82, 2.24) is 5.32 Å². The highest BCUT2D eigenvalue weighted by molar-refractivity contribution is 5.07. The van der Waals surface area contributed by atoms with E-state index in [1.54, 1.807) is 6.92 Å². The van der Waals surface area contributed by atoms with Gasteiger partial charge < -0.3 is 5.32 Å². The van der Waals surface area contributed by atoms with Gasteiger partial charge >= 0.3 is 0 Å². The number of rotatable bonds is 1. The van der Waals surface area contributed by atoms with Gasteiger partial charge in [-0.05, 0) is 26.3 Å². The van der Waals surface area contributed by atoms with Gasteiger partial charge in [0.2, 0.25) is 0 Å². The van der Waals surface area contributed by atoms with Crippen LogP contribution >= 0.6 is 0 Å². The molecule has 0 bridgehead atoms. The first kappa shape index (κ1) is 7.56. The Labute approximate surface area is 61.0 Å². The van der Waals surface area contributed by atoms with Gasteiger partial charge in [0.05, 0.1) is 0 Å². The number of hydrogen-bond acceptors (Lipinski definition) is 1. The van der Waals surface area contributed by atoms with Crippen LogP contribution in [0.4, 0.5) is 4.39 Å². The van der Waals surface area contributed by atoms with Crippen molar-refractivity contribution >= 4 is 0 Å². The van der Waals surface area contributed by atoms with E-state index in [4.69, 9.17) is 0 Å². The van der Waals surface area contributed by atoms with Crippen LogP contribution in [0.25, 0.3) is 0 Å². The Hall–Kier alpha value is -0.550. The lowest BCUT2D eigenvalue weighted by Gasteiger charge is -2.08. The predicted octanol–water partition coefficient (Wildman–Crippen LogP) is 1.10. The maximum absolute atomic E-state index is 12.9. The Morgan fingerprint density at radius 3 is 3.00 bits per heavy atom. The first-order valence-corrected chi connectivity index (χ1v) is 3.64. The van der Waals surface area contributed by atoms with Gasteiger partial charge in [-0.25, -0.2) is 4.39 Å². The molecule has 0 aromatic carbocycles. The summed E-state index contributed by atoms with van der Waals surface area (Å²) in [6, 6.07) is -0.00699. The Balaban J connectivity index is 2.37. The lowest BCUT2D eigenvalue weighted by molar-refractivity contribution is 0.332. The summed E-state index contributed by atoms with van der Waals surface area (Å²) in [5.74, 6) is 5.09. The van der Waals surface area contributed by atoms with Crippen LogP contribution in [0.3, 0.4) is 0 Å². The molecule has 2 unspecified atom stereocenters. The van der Waals surface area contributed by atoms with Gasteiger partial charge in [-0.3, -0.25) is 0 Å². The molecule has 0 amide bonds. The second-order valence-electron chi connectivity index (χ2n) is 2.50. The summed E-state index contributed by atoms with van der Waals surface area (Å²) in [7, 11) is 0. The quantitative estimate of drug-likeness (QED) is 0.539.